The summed E-state index contributed by atoms with van der Waals surface area (Å²) < 4.78 is 0. The van der Waals surface area contributed by atoms with Crippen molar-refractivity contribution in [1.29, 1.82) is 0 Å². The molecule has 126 valence electrons. The van der Waals surface area contributed by atoms with Crippen molar-refractivity contribution in [3.05, 3.63) is 34.4 Å². The molecule has 3 atom stereocenters. The van der Waals surface area contributed by atoms with Crippen LogP contribution in [0, 0.1) is 11.3 Å². The van der Waals surface area contributed by atoms with Gasteiger partial charge in [0, 0.05) is 5.41 Å². The average molecular weight is 314 g/mol. The second kappa shape index (κ2) is 5.73. The highest BCUT2D eigenvalue weighted by atomic mass is 16.3. The summed E-state index contributed by atoms with van der Waals surface area (Å²) in [6.45, 7) is 9.00. The van der Waals surface area contributed by atoms with E-state index in [9.17, 15) is 9.90 Å². The molecule has 0 spiro atoms. The predicted octanol–water partition coefficient (Wildman–Crippen LogP) is 4.51. The molecule has 0 bridgehead atoms. The van der Waals surface area contributed by atoms with Crippen molar-refractivity contribution in [2.75, 3.05) is 0 Å². The first kappa shape index (κ1) is 16.7. The number of carbonyl (C=O) groups is 1. The molecule has 0 amide bonds. The zero-order valence-corrected chi connectivity index (χ0v) is 15.0. The largest absolute Gasteiger partial charge is 0.392 e. The number of carbonyl (C=O) groups excluding carboxylic acids is 1. The van der Waals surface area contributed by atoms with Gasteiger partial charge in [0.2, 0.25) is 0 Å². The van der Waals surface area contributed by atoms with E-state index in [-0.39, 0.29) is 17.4 Å². The molecule has 0 aliphatic heterocycles. The van der Waals surface area contributed by atoms with Crippen molar-refractivity contribution in [1.82, 2.24) is 0 Å². The van der Waals surface area contributed by atoms with Gasteiger partial charge in [-0.05, 0) is 65.2 Å². The number of aldehydes is 1. The Morgan fingerprint density at radius 2 is 2.04 bits per heavy atom. The molecule has 23 heavy (non-hydrogen) atoms. The van der Waals surface area contributed by atoms with Gasteiger partial charge in [-0.25, -0.2) is 0 Å². The highest BCUT2D eigenvalue weighted by Gasteiger charge is 2.51. The normalized spacial score (nSPS) is 33.2. The van der Waals surface area contributed by atoms with Gasteiger partial charge in [-0.15, -0.1) is 0 Å². The fraction of sp³-hybridized carbons (Fsp3) is 0.667. The minimum absolute atomic E-state index is 0.0704. The Kier molecular flexibility index (Phi) is 4.16. The lowest BCUT2D eigenvalue weighted by Gasteiger charge is -2.53. The second-order valence-corrected chi connectivity index (χ2v) is 8.51. The Hall–Kier alpha value is -1.15. The molecule has 2 heteroatoms. The Morgan fingerprint density at radius 1 is 1.30 bits per heavy atom. The molecule has 1 fully saturated rings. The highest BCUT2D eigenvalue weighted by molar-refractivity contribution is 5.61. The number of hydrogen-bond acceptors (Lipinski definition) is 2. The molecule has 0 saturated heterocycles. The number of hydrogen-bond donors (Lipinski definition) is 1. The van der Waals surface area contributed by atoms with E-state index in [0.717, 1.165) is 37.7 Å². The summed E-state index contributed by atoms with van der Waals surface area (Å²) in [4.78, 5) is 11.8. The fourth-order valence-corrected chi connectivity index (χ4v) is 5.45. The van der Waals surface area contributed by atoms with Gasteiger partial charge in [0.15, 0.2) is 0 Å². The van der Waals surface area contributed by atoms with E-state index in [1.807, 2.05) is 0 Å². The van der Waals surface area contributed by atoms with E-state index in [2.05, 4.69) is 39.8 Å². The quantitative estimate of drug-likeness (QED) is 0.833. The molecule has 3 unspecified atom stereocenters. The first-order valence-electron chi connectivity index (χ1n) is 9.09. The minimum Gasteiger partial charge on any atom is -0.392 e. The lowest BCUT2D eigenvalue weighted by Crippen LogP contribution is -2.49. The van der Waals surface area contributed by atoms with Crippen molar-refractivity contribution in [3.8, 4) is 0 Å². The summed E-state index contributed by atoms with van der Waals surface area (Å²) in [5.74, 6) is 0.852. The molecule has 1 aromatic rings. The fourth-order valence-electron chi connectivity index (χ4n) is 5.45. The van der Waals surface area contributed by atoms with Crippen LogP contribution in [0.25, 0.3) is 0 Å². The Labute approximate surface area is 140 Å². The lowest BCUT2D eigenvalue weighted by molar-refractivity contribution is -0.123. The van der Waals surface area contributed by atoms with Crippen molar-refractivity contribution in [3.63, 3.8) is 0 Å². The van der Waals surface area contributed by atoms with Crippen LogP contribution in [0.1, 0.15) is 81.5 Å². The molecule has 0 heterocycles. The zero-order valence-electron chi connectivity index (χ0n) is 15.0. The van der Waals surface area contributed by atoms with Crippen LogP contribution in [0.3, 0.4) is 0 Å². The van der Waals surface area contributed by atoms with Crippen LogP contribution < -0.4 is 0 Å². The molecule has 1 aromatic carbocycles. The van der Waals surface area contributed by atoms with Crippen molar-refractivity contribution in [2.24, 2.45) is 11.3 Å². The first-order valence-corrected chi connectivity index (χ1v) is 9.09. The van der Waals surface area contributed by atoms with E-state index in [1.165, 1.54) is 23.0 Å². The van der Waals surface area contributed by atoms with Crippen LogP contribution in [0.15, 0.2) is 12.1 Å². The molecule has 0 radical (unpaired) electrons. The average Bonchev–Trinajstić information content (AvgIpc) is 2.53. The number of aryl methyl sites for hydroxylation is 1. The molecule has 2 nitrogen and oxygen atoms in total. The summed E-state index contributed by atoms with van der Waals surface area (Å²) in [7, 11) is 0. The van der Waals surface area contributed by atoms with Crippen LogP contribution in [0.2, 0.25) is 0 Å². The monoisotopic (exact) mass is 314 g/mol. The summed E-state index contributed by atoms with van der Waals surface area (Å²) in [6.07, 6.45) is 6.67. The van der Waals surface area contributed by atoms with Crippen molar-refractivity contribution < 1.29 is 9.90 Å². The summed E-state index contributed by atoms with van der Waals surface area (Å²) >= 11 is 0. The maximum absolute atomic E-state index is 11.8. The molecular formula is C21H30O2. The molecular weight excluding hydrogens is 284 g/mol. The number of aliphatic hydroxyl groups is 1. The Morgan fingerprint density at radius 3 is 2.65 bits per heavy atom. The van der Waals surface area contributed by atoms with E-state index in [1.54, 1.807) is 0 Å². The third-order valence-electron chi connectivity index (χ3n) is 6.72. The van der Waals surface area contributed by atoms with E-state index in [0.29, 0.717) is 11.8 Å². The van der Waals surface area contributed by atoms with Gasteiger partial charge in [-0.2, -0.15) is 0 Å². The summed E-state index contributed by atoms with van der Waals surface area (Å²) in [6, 6.07) is 4.59. The molecule has 2 aliphatic rings. The van der Waals surface area contributed by atoms with E-state index in [4.69, 9.17) is 0 Å². The van der Waals surface area contributed by atoms with E-state index < -0.39 is 0 Å². The number of fused-ring (bicyclic) bond motifs is 3. The minimum atomic E-state index is -0.194. The summed E-state index contributed by atoms with van der Waals surface area (Å²) in [5.41, 5.74) is 5.07. The van der Waals surface area contributed by atoms with Crippen molar-refractivity contribution >= 4 is 6.29 Å². The Bertz CT molecular complexity index is 619. The number of benzene rings is 1. The maximum atomic E-state index is 11.8. The first-order chi connectivity index (χ1) is 10.9. The SMILES string of the molecule is CC(C)c1cc2c(cc1CO)C1(C)CCCC(C)(C=O)C1CC2. The topological polar surface area (TPSA) is 37.3 Å². The van der Waals surface area contributed by atoms with Crippen LogP contribution in [0.4, 0.5) is 0 Å². The van der Waals surface area contributed by atoms with Crippen LogP contribution in [0.5, 0.6) is 0 Å². The van der Waals surface area contributed by atoms with Crippen LogP contribution in [-0.4, -0.2) is 11.4 Å². The Balaban J connectivity index is 2.14. The maximum Gasteiger partial charge on any atom is 0.126 e. The third kappa shape index (κ3) is 2.46. The third-order valence-corrected chi connectivity index (χ3v) is 6.72. The zero-order chi connectivity index (χ0) is 16.8. The van der Waals surface area contributed by atoms with Gasteiger partial charge in [-0.3, -0.25) is 0 Å². The number of rotatable bonds is 3. The highest BCUT2D eigenvalue weighted by Crippen LogP contribution is 2.56. The molecule has 1 N–H and O–H groups in total. The number of aliphatic hydroxyl groups excluding tert-OH is 1. The van der Waals surface area contributed by atoms with Crippen LogP contribution >= 0.6 is 0 Å². The summed E-state index contributed by atoms with van der Waals surface area (Å²) in [5, 5.41) is 9.84. The van der Waals surface area contributed by atoms with Gasteiger partial charge in [0.1, 0.15) is 6.29 Å². The molecule has 1 saturated carbocycles. The smallest absolute Gasteiger partial charge is 0.126 e. The van der Waals surface area contributed by atoms with Gasteiger partial charge in [-0.1, -0.05) is 46.2 Å². The molecule has 3 rings (SSSR count). The van der Waals surface area contributed by atoms with Crippen LogP contribution in [-0.2, 0) is 23.2 Å². The predicted molar refractivity (Wildman–Crippen MR) is 93.6 cm³/mol. The van der Waals surface area contributed by atoms with Gasteiger partial charge >= 0.3 is 0 Å². The van der Waals surface area contributed by atoms with E-state index >= 15 is 0 Å². The van der Waals surface area contributed by atoms with Crippen molar-refractivity contribution in [2.45, 2.75) is 77.7 Å². The molecule has 2 aliphatic carbocycles. The molecule has 0 aromatic heterocycles. The second-order valence-electron chi connectivity index (χ2n) is 8.51. The standard InChI is InChI=1S/C21H30O2/c1-14(2)17-10-15-6-7-19-20(3,13-23)8-5-9-21(19,4)18(15)11-16(17)12-22/h10-11,13-14,19,22H,5-9,12H2,1-4H3. The lowest BCUT2D eigenvalue weighted by atomic mass is 9.50. The van der Waals surface area contributed by atoms with Gasteiger partial charge in [0.05, 0.1) is 6.61 Å². The van der Waals surface area contributed by atoms with Gasteiger partial charge in [0.25, 0.3) is 0 Å². The van der Waals surface area contributed by atoms with Gasteiger partial charge < -0.3 is 9.90 Å².